The third-order valence-electron chi connectivity index (χ3n) is 2.36. The molecule has 0 saturated heterocycles. The molecular formula is C16H18OS. The molecular weight excluding hydrogens is 240 g/mol. The summed E-state index contributed by atoms with van der Waals surface area (Å²) in [4.78, 5) is 1.05. The zero-order chi connectivity index (χ0) is 13.2. The van der Waals surface area contributed by atoms with Gasteiger partial charge in [-0.3, -0.25) is 0 Å². The van der Waals surface area contributed by atoms with Crippen LogP contribution >= 0.6 is 11.8 Å². The van der Waals surface area contributed by atoms with E-state index in [9.17, 15) is 5.11 Å². The van der Waals surface area contributed by atoms with Gasteiger partial charge >= 0.3 is 0 Å². The highest BCUT2D eigenvalue weighted by Crippen LogP contribution is 2.24. The predicted molar refractivity (Wildman–Crippen MR) is 78.2 cm³/mol. The topological polar surface area (TPSA) is 20.2 Å². The molecule has 2 atom stereocenters. The first-order valence-corrected chi connectivity index (χ1v) is 7.00. The van der Waals surface area contributed by atoms with Gasteiger partial charge in [-0.25, -0.2) is 0 Å². The fourth-order valence-corrected chi connectivity index (χ4v) is 2.23. The van der Waals surface area contributed by atoms with Crippen LogP contribution in [0.25, 0.3) is 0 Å². The first-order valence-electron chi connectivity index (χ1n) is 6.12. The monoisotopic (exact) mass is 258 g/mol. The van der Waals surface area contributed by atoms with E-state index in [0.717, 1.165) is 24.2 Å². The van der Waals surface area contributed by atoms with Crippen LogP contribution in [0.1, 0.15) is 26.2 Å². The first-order chi connectivity index (χ1) is 8.77. The summed E-state index contributed by atoms with van der Waals surface area (Å²) in [6, 6.07) is 9.82. The van der Waals surface area contributed by atoms with Gasteiger partial charge in [-0.2, -0.15) is 0 Å². The zero-order valence-electron chi connectivity index (χ0n) is 10.6. The van der Waals surface area contributed by atoms with Crippen LogP contribution in [0.3, 0.4) is 0 Å². The summed E-state index contributed by atoms with van der Waals surface area (Å²) in [6.45, 7) is 2.12. The standard InChI is InChI=1S/C16H18OS/c1-3-5-6-10-13-15(17)16(4-2)18-14-11-8-7-9-12-14/h2,7-9,11-12,15-17H,3,5-6H2,1H3/t15-,16+/m1/s1. The average molecular weight is 258 g/mol. The Morgan fingerprint density at radius 2 is 2.06 bits per heavy atom. The van der Waals surface area contributed by atoms with Crippen LogP contribution in [0.5, 0.6) is 0 Å². The van der Waals surface area contributed by atoms with E-state index >= 15 is 0 Å². The second-order valence-electron chi connectivity index (χ2n) is 3.89. The summed E-state index contributed by atoms with van der Waals surface area (Å²) in [7, 11) is 0. The molecule has 1 rings (SSSR count). The summed E-state index contributed by atoms with van der Waals surface area (Å²) in [5, 5.41) is 9.61. The summed E-state index contributed by atoms with van der Waals surface area (Å²) in [6.07, 6.45) is 7.68. The van der Waals surface area contributed by atoms with E-state index < -0.39 is 6.10 Å². The van der Waals surface area contributed by atoms with Crippen molar-refractivity contribution in [2.75, 3.05) is 0 Å². The van der Waals surface area contributed by atoms with Crippen molar-refractivity contribution >= 4 is 11.8 Å². The van der Waals surface area contributed by atoms with E-state index in [4.69, 9.17) is 6.42 Å². The molecule has 0 aromatic heterocycles. The lowest BCUT2D eigenvalue weighted by Crippen LogP contribution is -2.19. The Morgan fingerprint density at radius 1 is 1.33 bits per heavy atom. The minimum Gasteiger partial charge on any atom is -0.378 e. The van der Waals surface area contributed by atoms with Gasteiger partial charge in [-0.05, 0) is 18.6 Å². The van der Waals surface area contributed by atoms with Gasteiger partial charge in [-0.1, -0.05) is 43.4 Å². The van der Waals surface area contributed by atoms with Crippen LogP contribution in [0, 0.1) is 24.2 Å². The van der Waals surface area contributed by atoms with Crippen LogP contribution in [-0.4, -0.2) is 16.5 Å². The van der Waals surface area contributed by atoms with Crippen LogP contribution < -0.4 is 0 Å². The minimum atomic E-state index is -0.767. The summed E-state index contributed by atoms with van der Waals surface area (Å²) >= 11 is 1.47. The largest absolute Gasteiger partial charge is 0.378 e. The molecule has 0 unspecified atom stereocenters. The molecule has 0 saturated carbocycles. The lowest BCUT2D eigenvalue weighted by Gasteiger charge is -2.12. The van der Waals surface area contributed by atoms with Crippen molar-refractivity contribution in [3.05, 3.63) is 30.3 Å². The van der Waals surface area contributed by atoms with Crippen molar-refractivity contribution in [3.63, 3.8) is 0 Å². The summed E-state index contributed by atoms with van der Waals surface area (Å²) in [5.41, 5.74) is 0. The molecule has 0 amide bonds. The van der Waals surface area contributed by atoms with Crippen molar-refractivity contribution < 1.29 is 5.11 Å². The molecule has 0 aliphatic carbocycles. The molecule has 0 aliphatic rings. The number of thioether (sulfide) groups is 1. The Kier molecular flexibility index (Phi) is 7.11. The second-order valence-corrected chi connectivity index (χ2v) is 5.10. The number of hydrogen-bond donors (Lipinski definition) is 1. The fraction of sp³-hybridized carbons (Fsp3) is 0.375. The highest BCUT2D eigenvalue weighted by Gasteiger charge is 2.15. The molecule has 1 N–H and O–H groups in total. The van der Waals surface area contributed by atoms with E-state index in [-0.39, 0.29) is 5.25 Å². The lowest BCUT2D eigenvalue weighted by molar-refractivity contribution is 0.243. The maximum absolute atomic E-state index is 9.93. The molecule has 0 heterocycles. The van der Waals surface area contributed by atoms with Crippen LogP contribution in [0.4, 0.5) is 0 Å². The molecule has 0 aliphatic heterocycles. The van der Waals surface area contributed by atoms with E-state index in [1.807, 2.05) is 30.3 Å². The van der Waals surface area contributed by atoms with Crippen molar-refractivity contribution in [1.82, 2.24) is 0 Å². The number of unbranched alkanes of at least 4 members (excludes halogenated alkanes) is 2. The number of aliphatic hydroxyl groups excluding tert-OH is 1. The van der Waals surface area contributed by atoms with E-state index in [1.54, 1.807) is 0 Å². The van der Waals surface area contributed by atoms with Gasteiger partial charge in [0.1, 0.15) is 11.4 Å². The first kappa shape index (κ1) is 14.7. The van der Waals surface area contributed by atoms with Crippen molar-refractivity contribution in [1.29, 1.82) is 0 Å². The Bertz CT molecular complexity index is 436. The fourth-order valence-electron chi connectivity index (χ4n) is 1.35. The number of rotatable bonds is 5. The molecule has 0 spiro atoms. The smallest absolute Gasteiger partial charge is 0.137 e. The molecule has 2 heteroatoms. The van der Waals surface area contributed by atoms with Crippen LogP contribution in [0.2, 0.25) is 0 Å². The van der Waals surface area contributed by atoms with Gasteiger partial charge < -0.3 is 5.11 Å². The highest BCUT2D eigenvalue weighted by molar-refractivity contribution is 8.00. The van der Waals surface area contributed by atoms with Gasteiger partial charge in [0.25, 0.3) is 0 Å². The molecule has 1 aromatic carbocycles. The third-order valence-corrected chi connectivity index (χ3v) is 3.55. The maximum atomic E-state index is 9.93. The Hall–Kier alpha value is -1.35. The molecule has 1 aromatic rings. The number of hydrogen-bond acceptors (Lipinski definition) is 2. The van der Waals surface area contributed by atoms with Crippen molar-refractivity contribution in [2.45, 2.75) is 42.4 Å². The minimum absolute atomic E-state index is 0.318. The van der Waals surface area contributed by atoms with E-state index in [1.165, 1.54) is 11.8 Å². The summed E-state index contributed by atoms with van der Waals surface area (Å²) < 4.78 is 0. The zero-order valence-corrected chi connectivity index (χ0v) is 11.4. The number of aliphatic hydroxyl groups is 1. The average Bonchev–Trinajstić information content (AvgIpc) is 2.42. The Morgan fingerprint density at radius 3 is 2.67 bits per heavy atom. The number of benzene rings is 1. The molecule has 94 valence electrons. The normalized spacial score (nSPS) is 12.9. The van der Waals surface area contributed by atoms with Gasteiger partial charge in [0.15, 0.2) is 0 Å². The van der Waals surface area contributed by atoms with E-state index in [2.05, 4.69) is 24.7 Å². The molecule has 0 radical (unpaired) electrons. The van der Waals surface area contributed by atoms with Crippen molar-refractivity contribution in [3.8, 4) is 24.2 Å². The number of terminal acetylenes is 1. The lowest BCUT2D eigenvalue weighted by atomic mass is 10.2. The van der Waals surface area contributed by atoms with Crippen LogP contribution in [0.15, 0.2) is 35.2 Å². The van der Waals surface area contributed by atoms with Gasteiger partial charge in [0, 0.05) is 11.3 Å². The van der Waals surface area contributed by atoms with Gasteiger partial charge in [0.05, 0.1) is 0 Å². The second kappa shape index (κ2) is 8.70. The van der Waals surface area contributed by atoms with E-state index in [0.29, 0.717) is 0 Å². The SMILES string of the molecule is C#C[C@H](Sc1ccccc1)[C@H](O)C#CCCCC. The third kappa shape index (κ3) is 5.32. The molecule has 1 nitrogen and oxygen atoms in total. The Labute approximate surface area is 114 Å². The quantitative estimate of drug-likeness (QED) is 0.496. The molecule has 0 fully saturated rings. The van der Waals surface area contributed by atoms with Crippen molar-refractivity contribution in [2.24, 2.45) is 0 Å². The summed E-state index contributed by atoms with van der Waals surface area (Å²) in [5.74, 6) is 8.41. The predicted octanol–water partition coefficient (Wildman–Crippen LogP) is 3.34. The van der Waals surface area contributed by atoms with Gasteiger partial charge in [0.2, 0.25) is 0 Å². The molecule has 18 heavy (non-hydrogen) atoms. The molecule has 0 bridgehead atoms. The van der Waals surface area contributed by atoms with Gasteiger partial charge in [-0.15, -0.1) is 24.1 Å². The maximum Gasteiger partial charge on any atom is 0.137 e. The van der Waals surface area contributed by atoms with Crippen LogP contribution in [-0.2, 0) is 0 Å². The highest BCUT2D eigenvalue weighted by atomic mass is 32.2. The Balaban J connectivity index is 2.55.